The van der Waals surface area contributed by atoms with Crippen LogP contribution in [0.4, 0.5) is 13.2 Å². The van der Waals surface area contributed by atoms with E-state index in [9.17, 15) is 18.0 Å². The minimum Gasteiger partial charge on any atom is -0.409 e. The Morgan fingerprint density at radius 1 is 1.42 bits per heavy atom. The highest BCUT2D eigenvalue weighted by atomic mass is 19.1. The lowest BCUT2D eigenvalue weighted by molar-refractivity contribution is 0.0942. The summed E-state index contributed by atoms with van der Waals surface area (Å²) in [5.41, 5.74) is 4.39. The second-order valence-corrected chi connectivity index (χ2v) is 3.88. The average Bonchev–Trinajstić information content (AvgIpc) is 2.33. The Hall–Kier alpha value is -2.25. The van der Waals surface area contributed by atoms with E-state index in [4.69, 9.17) is 10.9 Å². The van der Waals surface area contributed by atoms with Gasteiger partial charge in [0.15, 0.2) is 0 Å². The molecule has 5 nitrogen and oxygen atoms in total. The first-order valence-corrected chi connectivity index (χ1v) is 5.27. The molecule has 0 heterocycles. The largest absolute Gasteiger partial charge is 0.409 e. The number of nitrogens with one attached hydrogen (secondary N) is 1. The van der Waals surface area contributed by atoms with Crippen molar-refractivity contribution in [1.29, 1.82) is 0 Å². The summed E-state index contributed by atoms with van der Waals surface area (Å²) in [6, 6.07) is 0.815. The van der Waals surface area contributed by atoms with Crippen molar-refractivity contribution in [3.05, 3.63) is 35.1 Å². The van der Waals surface area contributed by atoms with Crippen LogP contribution in [0.15, 0.2) is 17.3 Å². The molecule has 1 aromatic rings. The van der Waals surface area contributed by atoms with E-state index in [2.05, 4.69) is 10.5 Å². The first kappa shape index (κ1) is 14.8. The van der Waals surface area contributed by atoms with Gasteiger partial charge in [0, 0.05) is 24.6 Å². The van der Waals surface area contributed by atoms with Crippen molar-refractivity contribution in [2.24, 2.45) is 16.8 Å². The smallest absolute Gasteiger partial charge is 0.257 e. The van der Waals surface area contributed by atoms with Gasteiger partial charge in [-0.3, -0.25) is 4.79 Å². The maximum Gasteiger partial charge on any atom is 0.257 e. The fourth-order valence-electron chi connectivity index (χ4n) is 1.30. The number of oxime groups is 1. The van der Waals surface area contributed by atoms with Crippen LogP contribution < -0.4 is 11.1 Å². The van der Waals surface area contributed by atoms with Gasteiger partial charge in [0.05, 0.1) is 0 Å². The van der Waals surface area contributed by atoms with E-state index in [1.165, 1.54) is 6.92 Å². The number of nitrogens with zero attached hydrogens (tertiary/aromatic N) is 1. The number of carbonyl (C=O) groups is 1. The SMILES string of the molecule is CC(CNC(=O)c1c(F)cc(F)cc1F)C(N)=NO. The number of hydrogen-bond acceptors (Lipinski definition) is 3. The Kier molecular flexibility index (Phi) is 4.74. The zero-order valence-electron chi connectivity index (χ0n) is 9.95. The molecule has 0 fully saturated rings. The van der Waals surface area contributed by atoms with E-state index >= 15 is 0 Å². The number of amidine groups is 1. The molecule has 0 spiro atoms. The van der Waals surface area contributed by atoms with Crippen LogP contribution in [0, 0.1) is 23.4 Å². The number of rotatable bonds is 4. The van der Waals surface area contributed by atoms with Crippen LogP contribution >= 0.6 is 0 Å². The predicted molar refractivity (Wildman–Crippen MR) is 61.2 cm³/mol. The third-order valence-electron chi connectivity index (χ3n) is 2.42. The van der Waals surface area contributed by atoms with Gasteiger partial charge in [-0.1, -0.05) is 12.1 Å². The minimum atomic E-state index is -1.30. The third kappa shape index (κ3) is 3.60. The van der Waals surface area contributed by atoms with Gasteiger partial charge in [-0.2, -0.15) is 0 Å². The molecule has 0 aliphatic carbocycles. The maximum atomic E-state index is 13.3. The Morgan fingerprint density at radius 3 is 2.42 bits per heavy atom. The number of hydrogen-bond donors (Lipinski definition) is 3. The molecule has 0 radical (unpaired) electrons. The first-order chi connectivity index (χ1) is 8.86. The highest BCUT2D eigenvalue weighted by Gasteiger charge is 2.19. The molecule has 1 atom stereocenters. The Bertz CT molecular complexity index is 497. The second-order valence-electron chi connectivity index (χ2n) is 3.88. The van der Waals surface area contributed by atoms with Gasteiger partial charge < -0.3 is 16.3 Å². The summed E-state index contributed by atoms with van der Waals surface area (Å²) in [7, 11) is 0. The number of nitrogens with two attached hydrogens (primary N) is 1. The molecule has 8 heteroatoms. The summed E-state index contributed by atoms with van der Waals surface area (Å²) in [4.78, 5) is 11.6. The van der Waals surface area contributed by atoms with Crippen molar-refractivity contribution in [2.45, 2.75) is 6.92 Å². The molecule has 0 saturated carbocycles. The fourth-order valence-corrected chi connectivity index (χ4v) is 1.30. The van der Waals surface area contributed by atoms with E-state index in [0.717, 1.165) is 0 Å². The lowest BCUT2D eigenvalue weighted by atomic mass is 10.1. The van der Waals surface area contributed by atoms with Crippen molar-refractivity contribution >= 4 is 11.7 Å². The maximum absolute atomic E-state index is 13.3. The van der Waals surface area contributed by atoms with Crippen LogP contribution in [0.3, 0.4) is 0 Å². The van der Waals surface area contributed by atoms with Gasteiger partial charge in [-0.05, 0) is 0 Å². The number of carbonyl (C=O) groups excluding carboxylic acids is 1. The topological polar surface area (TPSA) is 87.7 Å². The van der Waals surface area contributed by atoms with E-state index < -0.39 is 34.8 Å². The van der Waals surface area contributed by atoms with Gasteiger partial charge in [0.25, 0.3) is 5.91 Å². The average molecular weight is 275 g/mol. The summed E-state index contributed by atoms with van der Waals surface area (Å²) in [6.07, 6.45) is 0. The Labute approximate surface area is 106 Å². The van der Waals surface area contributed by atoms with E-state index in [0.29, 0.717) is 12.1 Å². The van der Waals surface area contributed by atoms with Crippen molar-refractivity contribution in [3.63, 3.8) is 0 Å². The zero-order chi connectivity index (χ0) is 14.6. The molecular formula is C11H12F3N3O2. The lowest BCUT2D eigenvalue weighted by Crippen LogP contribution is -2.35. The van der Waals surface area contributed by atoms with Crippen LogP contribution in [0.2, 0.25) is 0 Å². The summed E-state index contributed by atoms with van der Waals surface area (Å²) in [5, 5.41) is 13.3. The number of halogens is 3. The molecule has 0 aliphatic heterocycles. The highest BCUT2D eigenvalue weighted by Crippen LogP contribution is 2.14. The molecule has 0 bridgehead atoms. The van der Waals surface area contributed by atoms with E-state index in [-0.39, 0.29) is 12.4 Å². The zero-order valence-corrected chi connectivity index (χ0v) is 9.95. The summed E-state index contributed by atoms with van der Waals surface area (Å²) >= 11 is 0. The summed E-state index contributed by atoms with van der Waals surface area (Å²) in [5.74, 6) is -5.43. The van der Waals surface area contributed by atoms with E-state index in [1.807, 2.05) is 0 Å². The molecule has 0 aliphatic rings. The molecule has 0 saturated heterocycles. The molecule has 1 rings (SSSR count). The van der Waals surface area contributed by atoms with Crippen LogP contribution in [-0.2, 0) is 0 Å². The van der Waals surface area contributed by atoms with E-state index in [1.54, 1.807) is 0 Å². The normalized spacial score (nSPS) is 13.2. The van der Waals surface area contributed by atoms with Crippen molar-refractivity contribution in [2.75, 3.05) is 6.54 Å². The van der Waals surface area contributed by atoms with Crippen LogP contribution in [0.5, 0.6) is 0 Å². The molecule has 19 heavy (non-hydrogen) atoms. The number of benzene rings is 1. The van der Waals surface area contributed by atoms with Crippen molar-refractivity contribution in [3.8, 4) is 0 Å². The van der Waals surface area contributed by atoms with Crippen LogP contribution in [-0.4, -0.2) is 23.5 Å². The molecule has 1 amide bonds. The summed E-state index contributed by atoms with van der Waals surface area (Å²) in [6.45, 7) is 1.44. The molecule has 0 aromatic heterocycles. The van der Waals surface area contributed by atoms with Crippen LogP contribution in [0.25, 0.3) is 0 Å². The molecule has 4 N–H and O–H groups in total. The van der Waals surface area contributed by atoms with Gasteiger partial charge in [-0.15, -0.1) is 0 Å². The predicted octanol–water partition coefficient (Wildman–Crippen LogP) is 1.22. The minimum absolute atomic E-state index is 0.0923. The third-order valence-corrected chi connectivity index (χ3v) is 2.42. The fraction of sp³-hybridized carbons (Fsp3) is 0.273. The molecule has 104 valence electrons. The molecule has 1 unspecified atom stereocenters. The van der Waals surface area contributed by atoms with Crippen molar-refractivity contribution in [1.82, 2.24) is 5.32 Å². The van der Waals surface area contributed by atoms with Gasteiger partial charge in [0.2, 0.25) is 0 Å². The number of amides is 1. The first-order valence-electron chi connectivity index (χ1n) is 5.27. The highest BCUT2D eigenvalue weighted by molar-refractivity contribution is 5.95. The summed E-state index contributed by atoms with van der Waals surface area (Å²) < 4.78 is 39.2. The standard InChI is InChI=1S/C11H12F3N3O2/c1-5(10(15)17-19)4-16-11(18)9-7(13)2-6(12)3-8(9)14/h2-3,5,19H,4H2,1H3,(H2,15,17)(H,16,18). The van der Waals surface area contributed by atoms with Gasteiger partial charge in [-0.25, -0.2) is 13.2 Å². The second kappa shape index (κ2) is 6.07. The lowest BCUT2D eigenvalue weighted by Gasteiger charge is -2.11. The Balaban J connectivity index is 2.80. The Morgan fingerprint density at radius 2 is 1.95 bits per heavy atom. The van der Waals surface area contributed by atoms with Gasteiger partial charge >= 0.3 is 0 Å². The van der Waals surface area contributed by atoms with Crippen molar-refractivity contribution < 1.29 is 23.2 Å². The molecule has 1 aromatic carbocycles. The quantitative estimate of drug-likeness (QED) is 0.334. The van der Waals surface area contributed by atoms with Crippen LogP contribution in [0.1, 0.15) is 17.3 Å². The molecular weight excluding hydrogens is 263 g/mol. The monoisotopic (exact) mass is 275 g/mol. The van der Waals surface area contributed by atoms with Gasteiger partial charge in [0.1, 0.15) is 28.9 Å².